The summed E-state index contributed by atoms with van der Waals surface area (Å²) in [5, 5.41) is 9.36. The molecule has 2 aromatic carbocycles. The summed E-state index contributed by atoms with van der Waals surface area (Å²) >= 11 is 0. The van der Waals surface area contributed by atoms with Crippen LogP contribution in [-0.4, -0.2) is 30.2 Å². The van der Waals surface area contributed by atoms with Crippen molar-refractivity contribution in [2.75, 3.05) is 7.05 Å². The Bertz CT molecular complexity index is 981. The van der Waals surface area contributed by atoms with Crippen LogP contribution < -0.4 is 4.48 Å². The fraction of sp³-hybridized carbons (Fsp3) is 0.158. The molecule has 1 N–H and O–H groups in total. The predicted molar refractivity (Wildman–Crippen MR) is 89.9 cm³/mol. The molecular formula is C19H14F4NO3+. The second kappa shape index (κ2) is 6.31. The van der Waals surface area contributed by atoms with Gasteiger partial charge in [0, 0.05) is 17.2 Å². The number of carbonyl (C=O) groups is 2. The van der Waals surface area contributed by atoms with Gasteiger partial charge in [-0.3, -0.25) is 0 Å². The van der Waals surface area contributed by atoms with Crippen molar-refractivity contribution < 1.29 is 32.3 Å². The molecule has 1 amide bonds. The van der Waals surface area contributed by atoms with Gasteiger partial charge in [-0.1, -0.05) is 24.3 Å². The van der Waals surface area contributed by atoms with Gasteiger partial charge in [-0.2, -0.15) is 13.2 Å². The molecule has 27 heavy (non-hydrogen) atoms. The van der Waals surface area contributed by atoms with Gasteiger partial charge < -0.3 is 5.11 Å². The number of amides is 1. The third-order valence-electron chi connectivity index (χ3n) is 4.50. The van der Waals surface area contributed by atoms with Gasteiger partial charge in [-0.15, -0.1) is 0 Å². The van der Waals surface area contributed by atoms with Crippen LogP contribution in [-0.2, 0) is 16.1 Å². The van der Waals surface area contributed by atoms with Crippen molar-refractivity contribution >= 4 is 23.1 Å². The number of aliphatic carboxylic acids is 1. The normalized spacial score (nSPS) is 19.8. The SMILES string of the molecule is C[N+]1(Cc2cccc(F)c2)C(=O)C(C(=O)O)=C(C(F)(F)F)c2ccccc21. The zero-order valence-corrected chi connectivity index (χ0v) is 14.0. The number of likely N-dealkylation sites (N-methyl/N-ethyl adjacent to an activating group) is 1. The van der Waals surface area contributed by atoms with Crippen LogP contribution in [0.3, 0.4) is 0 Å². The Morgan fingerprint density at radius 1 is 1.11 bits per heavy atom. The number of rotatable bonds is 3. The summed E-state index contributed by atoms with van der Waals surface area (Å²) in [4.78, 5) is 24.5. The molecule has 0 bridgehead atoms. The maximum atomic E-state index is 13.6. The van der Waals surface area contributed by atoms with Crippen LogP contribution >= 0.6 is 0 Å². The number of carbonyl (C=O) groups excluding carboxylic acids is 1. The summed E-state index contributed by atoms with van der Waals surface area (Å²) in [5.41, 5.74) is -2.81. The fourth-order valence-electron chi connectivity index (χ4n) is 3.36. The zero-order valence-electron chi connectivity index (χ0n) is 14.0. The standard InChI is InChI=1S/C19H13F4NO3/c1-24(10-11-5-4-6-12(20)9-11)14-8-3-2-7-13(14)16(19(21,22)23)15(17(24)25)18(26)27/h2-9H,10H2,1H3/p+1. The molecule has 0 radical (unpaired) electrons. The van der Waals surface area contributed by atoms with Crippen molar-refractivity contribution in [1.82, 2.24) is 4.48 Å². The molecule has 4 nitrogen and oxygen atoms in total. The molecule has 3 rings (SSSR count). The summed E-state index contributed by atoms with van der Waals surface area (Å²) in [7, 11) is 1.32. The lowest BCUT2D eigenvalue weighted by Gasteiger charge is -2.37. The summed E-state index contributed by atoms with van der Waals surface area (Å²) in [6.45, 7) is -0.199. The van der Waals surface area contributed by atoms with E-state index in [1.807, 2.05) is 0 Å². The van der Waals surface area contributed by atoms with E-state index in [2.05, 4.69) is 0 Å². The number of carboxylic acids is 1. The molecule has 1 heterocycles. The fourth-order valence-corrected chi connectivity index (χ4v) is 3.36. The second-order valence-electron chi connectivity index (χ2n) is 6.35. The Balaban J connectivity index is 2.28. The average Bonchev–Trinajstić information content (AvgIpc) is 2.57. The number of hydrogen-bond acceptors (Lipinski definition) is 2. The van der Waals surface area contributed by atoms with E-state index in [-0.39, 0.29) is 17.8 Å². The molecule has 0 spiro atoms. The van der Waals surface area contributed by atoms with Gasteiger partial charge in [0.2, 0.25) is 0 Å². The molecule has 140 valence electrons. The first-order chi connectivity index (χ1) is 12.6. The third kappa shape index (κ3) is 3.12. The van der Waals surface area contributed by atoms with E-state index in [0.29, 0.717) is 5.56 Å². The lowest BCUT2D eigenvalue weighted by Crippen LogP contribution is -2.54. The number of quaternary nitrogens is 1. The lowest BCUT2D eigenvalue weighted by atomic mass is 9.90. The Morgan fingerprint density at radius 3 is 2.37 bits per heavy atom. The zero-order chi connectivity index (χ0) is 20.0. The maximum absolute atomic E-state index is 13.6. The van der Waals surface area contributed by atoms with Crippen LogP contribution in [0.2, 0.25) is 0 Å². The molecule has 0 fully saturated rings. The van der Waals surface area contributed by atoms with Gasteiger partial charge in [-0.25, -0.2) is 18.5 Å². The lowest BCUT2D eigenvalue weighted by molar-refractivity contribution is -0.138. The highest BCUT2D eigenvalue weighted by atomic mass is 19.4. The minimum absolute atomic E-state index is 0.00378. The Labute approximate surface area is 151 Å². The topological polar surface area (TPSA) is 54.4 Å². The number of benzene rings is 2. The Hall–Kier alpha value is -3.00. The van der Waals surface area contributed by atoms with E-state index in [4.69, 9.17) is 0 Å². The highest BCUT2D eigenvalue weighted by Gasteiger charge is 2.54. The van der Waals surface area contributed by atoms with Crippen molar-refractivity contribution in [2.24, 2.45) is 0 Å². The van der Waals surface area contributed by atoms with Crippen LogP contribution in [0, 0.1) is 5.82 Å². The van der Waals surface area contributed by atoms with Gasteiger partial charge in [0.15, 0.2) is 5.57 Å². The molecule has 0 aliphatic carbocycles. The highest BCUT2D eigenvalue weighted by molar-refractivity contribution is 6.27. The minimum Gasteiger partial charge on any atom is -0.477 e. The second-order valence-corrected chi connectivity index (χ2v) is 6.35. The number of allylic oxidation sites excluding steroid dienone is 1. The number of alkyl halides is 3. The molecule has 0 saturated heterocycles. The first-order valence-electron chi connectivity index (χ1n) is 7.85. The molecule has 1 unspecified atom stereocenters. The number of hydrogen-bond donors (Lipinski definition) is 1. The number of nitrogens with zero attached hydrogens (tertiary/aromatic N) is 1. The largest absolute Gasteiger partial charge is 0.477 e. The summed E-state index contributed by atoms with van der Waals surface area (Å²) in [6.07, 6.45) is -5.02. The van der Waals surface area contributed by atoms with E-state index in [1.165, 1.54) is 43.4 Å². The molecular weight excluding hydrogens is 366 g/mol. The summed E-state index contributed by atoms with van der Waals surface area (Å²) in [6, 6.07) is 10.6. The number of halogens is 4. The molecule has 2 aromatic rings. The molecule has 8 heteroatoms. The number of carboxylic acid groups (broad SMARTS) is 1. The smallest absolute Gasteiger partial charge is 0.418 e. The molecule has 1 atom stereocenters. The van der Waals surface area contributed by atoms with E-state index in [9.17, 15) is 32.3 Å². The molecule has 0 aromatic heterocycles. The van der Waals surface area contributed by atoms with Crippen molar-refractivity contribution in [3.8, 4) is 0 Å². The van der Waals surface area contributed by atoms with Crippen LogP contribution in [0.5, 0.6) is 0 Å². The summed E-state index contributed by atoms with van der Waals surface area (Å²) < 4.78 is 53.6. The van der Waals surface area contributed by atoms with Gasteiger partial charge in [0.25, 0.3) is 0 Å². The van der Waals surface area contributed by atoms with E-state index >= 15 is 0 Å². The maximum Gasteiger partial charge on any atom is 0.418 e. The van der Waals surface area contributed by atoms with E-state index < -0.39 is 39.5 Å². The van der Waals surface area contributed by atoms with Crippen LogP contribution in [0.1, 0.15) is 11.1 Å². The first kappa shape index (κ1) is 18.8. The minimum atomic E-state index is -5.02. The molecule has 1 aliphatic rings. The monoisotopic (exact) mass is 380 g/mol. The first-order valence-corrected chi connectivity index (χ1v) is 7.85. The summed E-state index contributed by atoms with van der Waals surface area (Å²) in [5.74, 6) is -3.73. The van der Waals surface area contributed by atoms with Gasteiger partial charge in [0.1, 0.15) is 18.0 Å². The van der Waals surface area contributed by atoms with Crippen molar-refractivity contribution in [2.45, 2.75) is 12.7 Å². The van der Waals surface area contributed by atoms with Gasteiger partial charge in [-0.05, 0) is 18.2 Å². The van der Waals surface area contributed by atoms with Crippen LogP contribution in [0.4, 0.5) is 23.2 Å². The molecule has 1 aliphatic heterocycles. The quantitative estimate of drug-likeness (QED) is 0.499. The Kier molecular flexibility index (Phi) is 4.39. The van der Waals surface area contributed by atoms with Crippen LogP contribution in [0.25, 0.3) is 5.57 Å². The molecule has 0 saturated carbocycles. The third-order valence-corrected chi connectivity index (χ3v) is 4.50. The number of fused-ring (bicyclic) bond motifs is 1. The predicted octanol–water partition coefficient (Wildman–Crippen LogP) is 3.90. The van der Waals surface area contributed by atoms with Crippen LogP contribution in [0.15, 0.2) is 54.1 Å². The van der Waals surface area contributed by atoms with Gasteiger partial charge >= 0.3 is 18.1 Å². The average molecular weight is 380 g/mol. The van der Waals surface area contributed by atoms with Crippen molar-refractivity contribution in [3.63, 3.8) is 0 Å². The van der Waals surface area contributed by atoms with E-state index in [1.54, 1.807) is 0 Å². The Morgan fingerprint density at radius 2 is 1.78 bits per heavy atom. The highest BCUT2D eigenvalue weighted by Crippen LogP contribution is 2.47. The van der Waals surface area contributed by atoms with Crippen molar-refractivity contribution in [3.05, 3.63) is 71.0 Å². The van der Waals surface area contributed by atoms with E-state index in [0.717, 1.165) is 12.1 Å². The van der Waals surface area contributed by atoms with Crippen molar-refractivity contribution in [1.29, 1.82) is 0 Å². The number of para-hydroxylation sites is 1. The van der Waals surface area contributed by atoms with Gasteiger partial charge in [0.05, 0.1) is 12.6 Å².